The van der Waals surface area contributed by atoms with Crippen LogP contribution in [-0.4, -0.2) is 53.4 Å². The summed E-state index contributed by atoms with van der Waals surface area (Å²) in [5, 5.41) is 12.5. The first-order valence-electron chi connectivity index (χ1n) is 7.51. The molecule has 2 fully saturated rings. The highest BCUT2D eigenvalue weighted by Gasteiger charge is 2.42. The summed E-state index contributed by atoms with van der Waals surface area (Å²) in [5.41, 5.74) is -0.984. The Labute approximate surface area is 122 Å². The van der Waals surface area contributed by atoms with E-state index < -0.39 is 23.6 Å². The van der Waals surface area contributed by atoms with Crippen LogP contribution < -0.4 is 5.32 Å². The van der Waals surface area contributed by atoms with E-state index >= 15 is 0 Å². The SMILES string of the molecule is CC(CCN1CCC(C(F)(F)F)CC1)(NC1CC1)C(=O)O. The Hall–Kier alpha value is -0.820. The van der Waals surface area contributed by atoms with E-state index in [1.807, 2.05) is 4.90 Å². The lowest BCUT2D eigenvalue weighted by Crippen LogP contribution is -2.53. The lowest BCUT2D eigenvalue weighted by atomic mass is 9.94. The number of carboxylic acids is 1. The molecule has 1 aliphatic carbocycles. The van der Waals surface area contributed by atoms with Gasteiger partial charge in [0, 0.05) is 12.6 Å². The van der Waals surface area contributed by atoms with E-state index in [9.17, 15) is 23.1 Å². The van der Waals surface area contributed by atoms with Crippen molar-refractivity contribution in [3.8, 4) is 0 Å². The molecular weight excluding hydrogens is 285 g/mol. The van der Waals surface area contributed by atoms with Crippen molar-refractivity contribution >= 4 is 5.97 Å². The number of alkyl halides is 3. The zero-order valence-electron chi connectivity index (χ0n) is 12.2. The van der Waals surface area contributed by atoms with Gasteiger partial charge in [-0.3, -0.25) is 10.1 Å². The summed E-state index contributed by atoms with van der Waals surface area (Å²) in [6.07, 6.45) is -1.46. The van der Waals surface area contributed by atoms with Crippen LogP contribution in [0.3, 0.4) is 0 Å². The van der Waals surface area contributed by atoms with Gasteiger partial charge in [0.1, 0.15) is 5.54 Å². The highest BCUT2D eigenvalue weighted by Crippen LogP contribution is 2.34. The molecule has 0 spiro atoms. The maximum atomic E-state index is 12.6. The monoisotopic (exact) mass is 308 g/mol. The fourth-order valence-corrected chi connectivity index (χ4v) is 2.78. The molecule has 2 rings (SSSR count). The number of rotatable bonds is 6. The third kappa shape index (κ3) is 4.57. The minimum absolute atomic E-state index is 0.114. The molecule has 2 aliphatic rings. The van der Waals surface area contributed by atoms with Crippen molar-refractivity contribution < 1.29 is 23.1 Å². The van der Waals surface area contributed by atoms with Gasteiger partial charge in [0.15, 0.2) is 0 Å². The largest absolute Gasteiger partial charge is 0.480 e. The van der Waals surface area contributed by atoms with Crippen LogP contribution in [0.1, 0.15) is 39.0 Å². The molecule has 0 radical (unpaired) electrons. The Kier molecular flexibility index (Phi) is 4.82. The molecule has 1 heterocycles. The maximum Gasteiger partial charge on any atom is 0.391 e. The molecule has 21 heavy (non-hydrogen) atoms. The van der Waals surface area contributed by atoms with E-state index in [1.54, 1.807) is 6.92 Å². The van der Waals surface area contributed by atoms with Gasteiger partial charge in [-0.2, -0.15) is 13.2 Å². The lowest BCUT2D eigenvalue weighted by molar-refractivity contribution is -0.185. The molecule has 0 bridgehead atoms. The van der Waals surface area contributed by atoms with Crippen molar-refractivity contribution in [3.63, 3.8) is 0 Å². The highest BCUT2D eigenvalue weighted by atomic mass is 19.4. The van der Waals surface area contributed by atoms with Crippen LogP contribution >= 0.6 is 0 Å². The summed E-state index contributed by atoms with van der Waals surface area (Å²) in [6, 6.07) is 0.280. The van der Waals surface area contributed by atoms with Crippen molar-refractivity contribution in [1.29, 1.82) is 0 Å². The van der Waals surface area contributed by atoms with E-state index in [2.05, 4.69) is 5.32 Å². The number of nitrogens with zero attached hydrogens (tertiary/aromatic N) is 1. The molecule has 1 saturated heterocycles. The van der Waals surface area contributed by atoms with Crippen LogP contribution in [-0.2, 0) is 4.79 Å². The minimum Gasteiger partial charge on any atom is -0.480 e. The second-order valence-electron chi connectivity index (χ2n) is 6.46. The van der Waals surface area contributed by atoms with Gasteiger partial charge < -0.3 is 10.0 Å². The summed E-state index contributed by atoms with van der Waals surface area (Å²) in [6.45, 7) is 2.97. The van der Waals surface area contributed by atoms with Gasteiger partial charge in [0.25, 0.3) is 0 Å². The number of likely N-dealkylation sites (tertiary alicyclic amines) is 1. The first kappa shape index (κ1) is 16.5. The zero-order chi connectivity index (χ0) is 15.7. The maximum absolute atomic E-state index is 12.6. The normalized spacial score (nSPS) is 24.8. The third-order valence-corrected chi connectivity index (χ3v) is 4.55. The Balaban J connectivity index is 1.78. The van der Waals surface area contributed by atoms with E-state index in [4.69, 9.17) is 0 Å². The predicted molar refractivity (Wildman–Crippen MR) is 72.0 cm³/mol. The van der Waals surface area contributed by atoms with Crippen molar-refractivity contribution in [2.45, 2.75) is 56.8 Å². The Morgan fingerprint density at radius 3 is 2.24 bits per heavy atom. The molecule has 122 valence electrons. The van der Waals surface area contributed by atoms with Crippen LogP contribution in [0.25, 0.3) is 0 Å². The third-order valence-electron chi connectivity index (χ3n) is 4.55. The minimum atomic E-state index is -4.10. The van der Waals surface area contributed by atoms with Crippen LogP contribution in [0.5, 0.6) is 0 Å². The molecule has 1 aliphatic heterocycles. The van der Waals surface area contributed by atoms with Gasteiger partial charge >= 0.3 is 12.1 Å². The molecule has 1 saturated carbocycles. The Bertz CT molecular complexity index is 377. The van der Waals surface area contributed by atoms with Gasteiger partial charge in [-0.15, -0.1) is 0 Å². The van der Waals surface area contributed by atoms with Crippen molar-refractivity contribution in [2.24, 2.45) is 5.92 Å². The first-order valence-corrected chi connectivity index (χ1v) is 7.51. The lowest BCUT2D eigenvalue weighted by Gasteiger charge is -2.35. The second kappa shape index (κ2) is 6.12. The van der Waals surface area contributed by atoms with E-state index in [0.717, 1.165) is 12.8 Å². The number of hydrogen-bond acceptors (Lipinski definition) is 3. The number of nitrogens with one attached hydrogen (secondary N) is 1. The molecule has 0 amide bonds. The Morgan fingerprint density at radius 1 is 1.24 bits per heavy atom. The fraction of sp³-hybridized carbons (Fsp3) is 0.929. The van der Waals surface area contributed by atoms with Gasteiger partial charge in [0.2, 0.25) is 0 Å². The molecule has 1 atom stereocenters. The molecule has 1 unspecified atom stereocenters. The highest BCUT2D eigenvalue weighted by molar-refractivity contribution is 5.78. The average molecular weight is 308 g/mol. The van der Waals surface area contributed by atoms with Gasteiger partial charge in [-0.25, -0.2) is 0 Å². The number of aliphatic carboxylic acids is 1. The molecular formula is C14H23F3N2O2. The van der Waals surface area contributed by atoms with Gasteiger partial charge in [-0.1, -0.05) is 0 Å². The van der Waals surface area contributed by atoms with Crippen LogP contribution in [0, 0.1) is 5.92 Å². The summed E-state index contributed by atoms with van der Waals surface area (Å²) < 4.78 is 37.8. The fourth-order valence-electron chi connectivity index (χ4n) is 2.78. The van der Waals surface area contributed by atoms with Crippen LogP contribution in [0.2, 0.25) is 0 Å². The van der Waals surface area contributed by atoms with E-state index in [-0.39, 0.29) is 18.9 Å². The first-order chi connectivity index (χ1) is 9.71. The van der Waals surface area contributed by atoms with Crippen molar-refractivity contribution in [2.75, 3.05) is 19.6 Å². The topological polar surface area (TPSA) is 52.6 Å². The molecule has 0 aromatic heterocycles. The summed E-state index contributed by atoms with van der Waals surface area (Å²) >= 11 is 0. The molecule has 4 nitrogen and oxygen atoms in total. The van der Waals surface area contributed by atoms with Gasteiger partial charge in [0.05, 0.1) is 5.92 Å². The van der Waals surface area contributed by atoms with Gasteiger partial charge in [-0.05, 0) is 52.1 Å². The molecule has 0 aromatic carbocycles. The predicted octanol–water partition coefficient (Wildman–Crippen LogP) is 2.25. The average Bonchev–Trinajstić information content (AvgIpc) is 3.19. The summed E-state index contributed by atoms with van der Waals surface area (Å²) in [4.78, 5) is 13.4. The number of piperidine rings is 1. The quantitative estimate of drug-likeness (QED) is 0.790. The number of carboxylic acid groups (broad SMARTS) is 1. The number of carbonyl (C=O) groups is 1. The zero-order valence-corrected chi connectivity index (χ0v) is 12.2. The molecule has 0 aromatic rings. The van der Waals surface area contributed by atoms with Crippen LogP contribution in [0.15, 0.2) is 0 Å². The van der Waals surface area contributed by atoms with E-state index in [0.29, 0.717) is 26.1 Å². The summed E-state index contributed by atoms with van der Waals surface area (Å²) in [7, 11) is 0. The van der Waals surface area contributed by atoms with Crippen LogP contribution in [0.4, 0.5) is 13.2 Å². The number of halogens is 3. The van der Waals surface area contributed by atoms with Crippen molar-refractivity contribution in [1.82, 2.24) is 10.2 Å². The smallest absolute Gasteiger partial charge is 0.391 e. The summed E-state index contributed by atoms with van der Waals surface area (Å²) in [5.74, 6) is -2.09. The molecule has 2 N–H and O–H groups in total. The Morgan fingerprint density at radius 2 is 1.81 bits per heavy atom. The molecule has 7 heteroatoms. The number of hydrogen-bond donors (Lipinski definition) is 2. The second-order valence-corrected chi connectivity index (χ2v) is 6.46. The van der Waals surface area contributed by atoms with Crippen molar-refractivity contribution in [3.05, 3.63) is 0 Å². The standard InChI is InChI=1S/C14H23F3N2O2/c1-13(12(20)21,18-11-2-3-11)6-9-19-7-4-10(5-8-19)14(15,16)17/h10-11,18H,2-9H2,1H3,(H,20,21). The van der Waals surface area contributed by atoms with E-state index in [1.165, 1.54) is 0 Å².